The van der Waals surface area contributed by atoms with Gasteiger partial charge in [-0.15, -0.1) is 0 Å². The van der Waals surface area contributed by atoms with E-state index < -0.39 is 0 Å². The molecule has 0 unspecified atom stereocenters. The van der Waals surface area contributed by atoms with Gasteiger partial charge >= 0.3 is 6.01 Å². The molecule has 7 nitrogen and oxygen atoms in total. The number of hydrogen-bond donors (Lipinski definition) is 2. The summed E-state index contributed by atoms with van der Waals surface area (Å²) in [6.45, 7) is 5.74. The number of thioether (sulfide) groups is 1. The maximum absolute atomic E-state index is 5.53. The number of nitrogens with one attached hydrogen (secondary N) is 1. The molecule has 19 heavy (non-hydrogen) atoms. The van der Waals surface area contributed by atoms with Gasteiger partial charge < -0.3 is 9.64 Å². The number of hydrazine groups is 1. The molecule has 1 aliphatic rings. The summed E-state index contributed by atoms with van der Waals surface area (Å²) >= 11 is 1.95. The maximum Gasteiger partial charge on any atom is 0.323 e. The van der Waals surface area contributed by atoms with Crippen molar-refractivity contribution in [2.75, 3.05) is 34.9 Å². The van der Waals surface area contributed by atoms with Crippen LogP contribution in [0.2, 0.25) is 0 Å². The van der Waals surface area contributed by atoms with Gasteiger partial charge in [0.25, 0.3) is 0 Å². The molecule has 1 aromatic heterocycles. The van der Waals surface area contributed by atoms with Crippen molar-refractivity contribution < 1.29 is 4.74 Å². The van der Waals surface area contributed by atoms with Gasteiger partial charge in [0, 0.05) is 18.8 Å². The summed E-state index contributed by atoms with van der Waals surface area (Å²) in [6.07, 6.45) is 1.14. The van der Waals surface area contributed by atoms with Gasteiger partial charge in [0.2, 0.25) is 11.9 Å². The summed E-state index contributed by atoms with van der Waals surface area (Å²) < 4.78 is 5.53. The van der Waals surface area contributed by atoms with E-state index in [9.17, 15) is 0 Å². The number of nitrogens with two attached hydrogens (primary N) is 1. The zero-order chi connectivity index (χ0) is 13.7. The van der Waals surface area contributed by atoms with Crippen LogP contribution in [0, 0.1) is 0 Å². The highest BCUT2D eigenvalue weighted by Crippen LogP contribution is 2.19. The highest BCUT2D eigenvalue weighted by atomic mass is 32.2. The van der Waals surface area contributed by atoms with Crippen molar-refractivity contribution in [3.8, 4) is 6.01 Å². The Balaban J connectivity index is 2.22. The van der Waals surface area contributed by atoms with Crippen molar-refractivity contribution in [1.29, 1.82) is 0 Å². The third-order valence-corrected chi connectivity index (χ3v) is 3.63. The summed E-state index contributed by atoms with van der Waals surface area (Å²) in [5.41, 5.74) is 2.46. The minimum Gasteiger partial charge on any atom is -0.461 e. The predicted octanol–water partition coefficient (Wildman–Crippen LogP) is 0.888. The Bertz CT molecular complexity index is 408. The summed E-state index contributed by atoms with van der Waals surface area (Å²) in [5.74, 6) is 8.62. The fourth-order valence-corrected chi connectivity index (χ4v) is 2.65. The SMILES string of the molecule is CC(C)Oc1nc(NN)nc(N2CCCSCC2)n1. The van der Waals surface area contributed by atoms with E-state index in [4.69, 9.17) is 10.6 Å². The second kappa shape index (κ2) is 6.76. The fourth-order valence-electron chi connectivity index (χ4n) is 1.76. The lowest BCUT2D eigenvalue weighted by atomic mass is 10.4. The van der Waals surface area contributed by atoms with E-state index in [1.165, 1.54) is 5.75 Å². The van der Waals surface area contributed by atoms with Crippen LogP contribution in [-0.4, -0.2) is 45.7 Å². The van der Waals surface area contributed by atoms with Gasteiger partial charge in [-0.2, -0.15) is 26.7 Å². The van der Waals surface area contributed by atoms with Crippen molar-refractivity contribution in [3.63, 3.8) is 0 Å². The largest absolute Gasteiger partial charge is 0.461 e. The number of aromatic nitrogens is 3. The summed E-state index contributed by atoms with van der Waals surface area (Å²) in [4.78, 5) is 14.9. The van der Waals surface area contributed by atoms with Gasteiger partial charge in [0.05, 0.1) is 6.10 Å². The molecule has 0 atom stereocenters. The lowest BCUT2D eigenvalue weighted by molar-refractivity contribution is 0.222. The first-order chi connectivity index (χ1) is 9.19. The van der Waals surface area contributed by atoms with Crippen LogP contribution >= 0.6 is 11.8 Å². The Labute approximate surface area is 117 Å². The Hall–Kier alpha value is -1.28. The van der Waals surface area contributed by atoms with E-state index in [1.54, 1.807) is 0 Å². The molecule has 0 aliphatic carbocycles. The normalized spacial score (nSPS) is 16.3. The number of ether oxygens (including phenoxy) is 1. The van der Waals surface area contributed by atoms with Gasteiger partial charge in [0.1, 0.15) is 0 Å². The highest BCUT2D eigenvalue weighted by molar-refractivity contribution is 7.99. The lowest BCUT2D eigenvalue weighted by Gasteiger charge is -2.20. The Kier molecular flexibility index (Phi) is 5.03. The predicted molar refractivity (Wildman–Crippen MR) is 77.6 cm³/mol. The second-order valence-electron chi connectivity index (χ2n) is 4.51. The molecule has 1 aliphatic heterocycles. The van der Waals surface area contributed by atoms with Crippen LogP contribution in [0.15, 0.2) is 0 Å². The molecule has 2 heterocycles. The average molecular weight is 284 g/mol. The minimum absolute atomic E-state index is 0.0144. The van der Waals surface area contributed by atoms with Gasteiger partial charge in [-0.1, -0.05) is 0 Å². The standard InChI is InChI=1S/C11H20N6OS/c1-8(2)18-11-14-9(16-12)13-10(15-11)17-4-3-6-19-7-5-17/h8H,3-7,12H2,1-2H3,(H,13,14,15,16). The smallest absolute Gasteiger partial charge is 0.323 e. The Morgan fingerprint density at radius 1 is 1.26 bits per heavy atom. The van der Waals surface area contributed by atoms with Crippen LogP contribution in [0.5, 0.6) is 6.01 Å². The van der Waals surface area contributed by atoms with Gasteiger partial charge in [-0.3, -0.25) is 5.43 Å². The Morgan fingerprint density at radius 2 is 2.11 bits per heavy atom. The quantitative estimate of drug-likeness (QED) is 0.622. The van der Waals surface area contributed by atoms with Crippen LogP contribution in [0.25, 0.3) is 0 Å². The number of nitrogen functional groups attached to an aromatic ring is 1. The molecule has 8 heteroatoms. The second-order valence-corrected chi connectivity index (χ2v) is 5.73. The molecule has 3 N–H and O–H groups in total. The monoisotopic (exact) mass is 284 g/mol. The maximum atomic E-state index is 5.53. The van der Waals surface area contributed by atoms with Crippen LogP contribution in [0.3, 0.4) is 0 Å². The molecule has 2 rings (SSSR count). The number of rotatable bonds is 4. The zero-order valence-corrected chi connectivity index (χ0v) is 12.1. The van der Waals surface area contributed by atoms with E-state index in [0.29, 0.717) is 17.9 Å². The molecule has 0 aromatic carbocycles. The van der Waals surface area contributed by atoms with Crippen molar-refractivity contribution in [3.05, 3.63) is 0 Å². The minimum atomic E-state index is 0.0144. The van der Waals surface area contributed by atoms with E-state index in [1.807, 2.05) is 25.6 Å². The summed E-state index contributed by atoms with van der Waals surface area (Å²) in [5, 5.41) is 0. The van der Waals surface area contributed by atoms with Crippen molar-refractivity contribution in [1.82, 2.24) is 15.0 Å². The van der Waals surface area contributed by atoms with Gasteiger partial charge in [0.15, 0.2) is 0 Å². The van der Waals surface area contributed by atoms with Crippen LogP contribution in [-0.2, 0) is 0 Å². The molecule has 106 valence electrons. The first-order valence-electron chi connectivity index (χ1n) is 6.41. The fraction of sp³-hybridized carbons (Fsp3) is 0.727. The molecule has 0 spiro atoms. The lowest BCUT2D eigenvalue weighted by Crippen LogP contribution is -2.28. The van der Waals surface area contributed by atoms with Crippen molar-refractivity contribution in [2.24, 2.45) is 5.84 Å². The first-order valence-corrected chi connectivity index (χ1v) is 7.56. The first kappa shape index (κ1) is 14.1. The van der Waals surface area contributed by atoms with Crippen molar-refractivity contribution >= 4 is 23.7 Å². The Morgan fingerprint density at radius 3 is 2.84 bits per heavy atom. The number of anilines is 2. The molecule has 1 aromatic rings. The molecule has 1 saturated heterocycles. The third kappa shape index (κ3) is 4.10. The molecule has 0 bridgehead atoms. The van der Waals surface area contributed by atoms with E-state index in [-0.39, 0.29) is 6.10 Å². The van der Waals surface area contributed by atoms with Gasteiger partial charge in [-0.05, 0) is 26.0 Å². The van der Waals surface area contributed by atoms with E-state index >= 15 is 0 Å². The summed E-state index contributed by atoms with van der Waals surface area (Å²) in [7, 11) is 0. The summed E-state index contributed by atoms with van der Waals surface area (Å²) in [6, 6.07) is 0.310. The van der Waals surface area contributed by atoms with Crippen LogP contribution < -0.4 is 20.9 Å². The van der Waals surface area contributed by atoms with Crippen molar-refractivity contribution in [2.45, 2.75) is 26.4 Å². The van der Waals surface area contributed by atoms with Crippen LogP contribution in [0.1, 0.15) is 20.3 Å². The van der Waals surface area contributed by atoms with Crippen LogP contribution in [0.4, 0.5) is 11.9 Å². The molecule has 1 fully saturated rings. The van der Waals surface area contributed by atoms with Gasteiger partial charge in [-0.25, -0.2) is 5.84 Å². The number of hydrogen-bond acceptors (Lipinski definition) is 8. The topological polar surface area (TPSA) is 89.2 Å². The number of nitrogens with zero attached hydrogens (tertiary/aromatic N) is 4. The van der Waals surface area contributed by atoms with E-state index in [2.05, 4.69) is 25.3 Å². The highest BCUT2D eigenvalue weighted by Gasteiger charge is 2.16. The molecule has 0 radical (unpaired) electrons. The molecule has 0 saturated carbocycles. The molecular weight excluding hydrogens is 264 g/mol. The average Bonchev–Trinajstić information content (AvgIpc) is 2.66. The zero-order valence-electron chi connectivity index (χ0n) is 11.3. The van der Waals surface area contributed by atoms with E-state index in [0.717, 1.165) is 25.3 Å². The molecule has 0 amide bonds. The third-order valence-electron chi connectivity index (χ3n) is 2.58. The molecular formula is C11H20N6OS.